The van der Waals surface area contributed by atoms with Crippen LogP contribution in [0.2, 0.25) is 0 Å². The molecule has 2 aromatic rings. The van der Waals surface area contributed by atoms with Crippen molar-refractivity contribution < 1.29 is 5.11 Å². The molecule has 1 N–H and O–H groups in total. The Morgan fingerprint density at radius 3 is 2.71 bits per heavy atom. The number of aliphatic hydroxyl groups is 1. The number of benzene rings is 1. The van der Waals surface area contributed by atoms with Crippen molar-refractivity contribution in [2.75, 3.05) is 0 Å². The van der Waals surface area contributed by atoms with Gasteiger partial charge >= 0.3 is 0 Å². The summed E-state index contributed by atoms with van der Waals surface area (Å²) in [5, 5.41) is 11.2. The highest BCUT2D eigenvalue weighted by molar-refractivity contribution is 5.81. The molecule has 1 fully saturated rings. The zero-order valence-electron chi connectivity index (χ0n) is 10.5. The Bertz CT molecular complexity index is 544. The first-order valence-electron chi connectivity index (χ1n) is 6.36. The lowest BCUT2D eigenvalue weighted by atomic mass is 9.97. The van der Waals surface area contributed by atoms with Crippen molar-refractivity contribution in [3.63, 3.8) is 0 Å². The molecular formula is C15H19NO. The topological polar surface area (TPSA) is 25.2 Å². The fourth-order valence-corrected chi connectivity index (χ4v) is 2.32. The lowest BCUT2D eigenvalue weighted by Gasteiger charge is -2.17. The van der Waals surface area contributed by atoms with Crippen LogP contribution < -0.4 is 0 Å². The maximum Gasteiger partial charge on any atom is 0.0840 e. The van der Waals surface area contributed by atoms with Gasteiger partial charge in [0.2, 0.25) is 0 Å². The SMILES string of the molecule is CC(C)(O)c1ccc2c(ccn2CC2CC2)c1. The van der Waals surface area contributed by atoms with Crippen LogP contribution in [0.5, 0.6) is 0 Å². The van der Waals surface area contributed by atoms with Crippen LogP contribution in [0.3, 0.4) is 0 Å². The first kappa shape index (κ1) is 10.8. The van der Waals surface area contributed by atoms with Crippen molar-refractivity contribution >= 4 is 10.9 Å². The van der Waals surface area contributed by atoms with Gasteiger partial charge in [-0.2, -0.15) is 0 Å². The second kappa shape index (κ2) is 3.61. The van der Waals surface area contributed by atoms with Gasteiger partial charge in [0.05, 0.1) is 5.60 Å². The Labute approximate surface area is 102 Å². The van der Waals surface area contributed by atoms with Gasteiger partial charge in [0.1, 0.15) is 0 Å². The predicted molar refractivity (Wildman–Crippen MR) is 69.9 cm³/mol. The second-order valence-corrected chi connectivity index (χ2v) is 5.74. The van der Waals surface area contributed by atoms with Crippen molar-refractivity contribution in [1.82, 2.24) is 4.57 Å². The fourth-order valence-electron chi connectivity index (χ4n) is 2.32. The Kier molecular flexibility index (Phi) is 2.30. The van der Waals surface area contributed by atoms with E-state index in [4.69, 9.17) is 0 Å². The molecule has 1 aliphatic rings. The first-order chi connectivity index (χ1) is 8.04. The molecule has 0 bridgehead atoms. The van der Waals surface area contributed by atoms with Crippen LogP contribution in [0.15, 0.2) is 30.5 Å². The summed E-state index contributed by atoms with van der Waals surface area (Å²) < 4.78 is 2.33. The Morgan fingerprint density at radius 2 is 2.06 bits per heavy atom. The van der Waals surface area contributed by atoms with Crippen molar-refractivity contribution in [2.24, 2.45) is 5.92 Å². The van der Waals surface area contributed by atoms with Gasteiger partial charge in [0, 0.05) is 18.3 Å². The molecule has 1 aromatic heterocycles. The summed E-state index contributed by atoms with van der Waals surface area (Å²) in [5.41, 5.74) is 1.51. The number of fused-ring (bicyclic) bond motifs is 1. The van der Waals surface area contributed by atoms with Crippen LogP contribution >= 0.6 is 0 Å². The average molecular weight is 229 g/mol. The summed E-state index contributed by atoms with van der Waals surface area (Å²) in [7, 11) is 0. The molecule has 0 unspecified atom stereocenters. The first-order valence-corrected chi connectivity index (χ1v) is 6.36. The van der Waals surface area contributed by atoms with Crippen molar-refractivity contribution in [3.05, 3.63) is 36.0 Å². The van der Waals surface area contributed by atoms with Gasteiger partial charge in [-0.15, -0.1) is 0 Å². The van der Waals surface area contributed by atoms with E-state index in [-0.39, 0.29) is 0 Å². The highest BCUT2D eigenvalue weighted by Gasteiger charge is 2.22. The molecule has 0 saturated heterocycles. The number of nitrogens with zero attached hydrogens (tertiary/aromatic N) is 1. The van der Waals surface area contributed by atoms with E-state index in [1.165, 1.54) is 23.7 Å². The smallest absolute Gasteiger partial charge is 0.0840 e. The molecule has 90 valence electrons. The van der Waals surface area contributed by atoms with Crippen LogP contribution in [0, 0.1) is 5.92 Å². The largest absolute Gasteiger partial charge is 0.386 e. The molecule has 1 heterocycles. The molecule has 0 atom stereocenters. The number of hydrogen-bond acceptors (Lipinski definition) is 1. The normalized spacial score (nSPS) is 16.6. The van der Waals surface area contributed by atoms with Crippen LogP contribution in [0.4, 0.5) is 0 Å². The maximum absolute atomic E-state index is 10.0. The van der Waals surface area contributed by atoms with Crippen molar-refractivity contribution in [2.45, 2.75) is 38.8 Å². The van der Waals surface area contributed by atoms with E-state index < -0.39 is 5.60 Å². The third-order valence-electron chi connectivity index (χ3n) is 3.63. The third-order valence-corrected chi connectivity index (χ3v) is 3.63. The van der Waals surface area contributed by atoms with E-state index >= 15 is 0 Å². The minimum atomic E-state index is -0.757. The van der Waals surface area contributed by atoms with Crippen LogP contribution in [0.1, 0.15) is 32.3 Å². The zero-order valence-corrected chi connectivity index (χ0v) is 10.5. The molecule has 1 saturated carbocycles. The van der Waals surface area contributed by atoms with E-state index in [2.05, 4.69) is 29.0 Å². The van der Waals surface area contributed by atoms with E-state index in [0.717, 1.165) is 18.0 Å². The van der Waals surface area contributed by atoms with Gasteiger partial charge in [-0.05, 0) is 61.8 Å². The number of rotatable bonds is 3. The van der Waals surface area contributed by atoms with E-state index in [0.29, 0.717) is 0 Å². The molecule has 17 heavy (non-hydrogen) atoms. The van der Waals surface area contributed by atoms with E-state index in [1.807, 2.05) is 19.9 Å². The third kappa shape index (κ3) is 2.09. The van der Waals surface area contributed by atoms with Crippen LogP contribution in [0.25, 0.3) is 10.9 Å². The summed E-state index contributed by atoms with van der Waals surface area (Å²) in [5.74, 6) is 0.888. The maximum atomic E-state index is 10.0. The molecule has 2 nitrogen and oxygen atoms in total. The molecule has 2 heteroatoms. The molecule has 1 aromatic carbocycles. The highest BCUT2D eigenvalue weighted by Crippen LogP contribution is 2.32. The molecule has 0 radical (unpaired) electrons. The molecule has 1 aliphatic carbocycles. The summed E-state index contributed by atoms with van der Waals surface area (Å²) in [6, 6.07) is 8.41. The lowest BCUT2D eigenvalue weighted by molar-refractivity contribution is 0.0787. The number of aromatic nitrogens is 1. The molecular weight excluding hydrogens is 210 g/mol. The highest BCUT2D eigenvalue weighted by atomic mass is 16.3. The monoisotopic (exact) mass is 229 g/mol. The summed E-state index contributed by atoms with van der Waals surface area (Å²) in [4.78, 5) is 0. The standard InChI is InChI=1S/C15H19NO/c1-15(2,17)13-5-6-14-12(9-13)7-8-16(14)10-11-3-4-11/h5-9,11,17H,3-4,10H2,1-2H3. The van der Waals surface area contributed by atoms with Gasteiger partial charge in [-0.1, -0.05) is 6.07 Å². The summed E-state index contributed by atoms with van der Waals surface area (Å²) in [6.45, 7) is 4.80. The Balaban J connectivity index is 2.00. The number of hydrogen-bond donors (Lipinski definition) is 1. The van der Waals surface area contributed by atoms with Gasteiger partial charge in [0.25, 0.3) is 0 Å². The molecule has 0 spiro atoms. The van der Waals surface area contributed by atoms with Crippen LogP contribution in [-0.4, -0.2) is 9.67 Å². The Morgan fingerprint density at radius 1 is 1.29 bits per heavy atom. The lowest BCUT2D eigenvalue weighted by Crippen LogP contribution is -2.15. The van der Waals surface area contributed by atoms with Crippen molar-refractivity contribution in [3.8, 4) is 0 Å². The van der Waals surface area contributed by atoms with Gasteiger partial charge < -0.3 is 9.67 Å². The van der Waals surface area contributed by atoms with E-state index in [9.17, 15) is 5.11 Å². The second-order valence-electron chi connectivity index (χ2n) is 5.74. The molecule has 3 rings (SSSR count). The van der Waals surface area contributed by atoms with Gasteiger partial charge in [-0.25, -0.2) is 0 Å². The zero-order chi connectivity index (χ0) is 12.0. The minimum absolute atomic E-state index is 0.757. The Hall–Kier alpha value is -1.28. The average Bonchev–Trinajstić information content (AvgIpc) is 2.98. The predicted octanol–water partition coefficient (Wildman–Crippen LogP) is 3.28. The minimum Gasteiger partial charge on any atom is -0.386 e. The van der Waals surface area contributed by atoms with Gasteiger partial charge in [0.15, 0.2) is 0 Å². The summed E-state index contributed by atoms with van der Waals surface area (Å²) in [6.07, 6.45) is 4.92. The summed E-state index contributed by atoms with van der Waals surface area (Å²) >= 11 is 0. The fraction of sp³-hybridized carbons (Fsp3) is 0.467. The quantitative estimate of drug-likeness (QED) is 0.858. The van der Waals surface area contributed by atoms with Gasteiger partial charge in [-0.3, -0.25) is 0 Å². The molecule has 0 aliphatic heterocycles. The van der Waals surface area contributed by atoms with Crippen molar-refractivity contribution in [1.29, 1.82) is 0 Å². The molecule has 0 amide bonds. The van der Waals surface area contributed by atoms with E-state index in [1.54, 1.807) is 0 Å². The van der Waals surface area contributed by atoms with Crippen LogP contribution in [-0.2, 0) is 12.1 Å².